The zero-order chi connectivity index (χ0) is 14.7. The number of anilines is 1. The summed E-state index contributed by atoms with van der Waals surface area (Å²) >= 11 is 0. The van der Waals surface area contributed by atoms with E-state index in [1.54, 1.807) is 7.11 Å². The minimum absolute atomic E-state index is 0.520. The van der Waals surface area contributed by atoms with Crippen molar-refractivity contribution in [1.82, 2.24) is 9.97 Å². The highest BCUT2D eigenvalue weighted by Gasteiger charge is 2.10. The molecule has 2 N–H and O–H groups in total. The Morgan fingerprint density at radius 1 is 1.10 bits per heavy atom. The van der Waals surface area contributed by atoms with E-state index >= 15 is 0 Å². The minimum atomic E-state index is 0.520. The summed E-state index contributed by atoms with van der Waals surface area (Å²) in [4.78, 5) is 8.90. The Hall–Kier alpha value is -2.10. The van der Waals surface area contributed by atoms with Crippen LogP contribution in [0, 0.1) is 13.8 Å². The van der Waals surface area contributed by atoms with Crippen molar-refractivity contribution >= 4 is 5.82 Å². The van der Waals surface area contributed by atoms with Crippen molar-refractivity contribution in [2.24, 2.45) is 0 Å². The molecule has 1 heterocycles. The third kappa shape index (κ3) is 2.90. The Morgan fingerprint density at radius 3 is 2.50 bits per heavy atom. The third-order valence-electron chi connectivity index (χ3n) is 3.28. The maximum absolute atomic E-state index is 5.90. The summed E-state index contributed by atoms with van der Waals surface area (Å²) in [7, 11) is 1.68. The third-order valence-corrected chi connectivity index (χ3v) is 3.28. The molecule has 0 radical (unpaired) electrons. The summed E-state index contributed by atoms with van der Waals surface area (Å²) in [5, 5.41) is 0. The van der Waals surface area contributed by atoms with Crippen molar-refractivity contribution in [3.8, 4) is 17.0 Å². The molecule has 0 atom stereocenters. The number of nitrogen functional groups attached to an aromatic ring is 1. The molecule has 0 aliphatic carbocycles. The number of aromatic nitrogens is 2. The van der Waals surface area contributed by atoms with Crippen LogP contribution < -0.4 is 10.5 Å². The van der Waals surface area contributed by atoms with Crippen LogP contribution in [0.15, 0.2) is 18.2 Å². The Morgan fingerprint density at radius 2 is 1.85 bits per heavy atom. The fourth-order valence-corrected chi connectivity index (χ4v) is 2.28. The van der Waals surface area contributed by atoms with Crippen LogP contribution in [-0.4, -0.2) is 17.1 Å². The predicted octanol–water partition coefficient (Wildman–Crippen LogP) is 3.30. The Kier molecular flexibility index (Phi) is 4.23. The number of benzene rings is 1. The maximum atomic E-state index is 5.90. The van der Waals surface area contributed by atoms with Gasteiger partial charge in [0.05, 0.1) is 12.8 Å². The lowest BCUT2D eigenvalue weighted by atomic mass is 10.0. The van der Waals surface area contributed by atoms with E-state index in [-0.39, 0.29) is 0 Å². The van der Waals surface area contributed by atoms with Gasteiger partial charge < -0.3 is 10.5 Å². The number of nitrogens with zero attached hydrogens (tertiary/aromatic N) is 2. The average Bonchev–Trinajstić information content (AvgIpc) is 2.40. The quantitative estimate of drug-likeness (QED) is 0.926. The molecule has 0 spiro atoms. The SMILES string of the molecule is CCCc1nc(N)cc(-c2cc(C)c(OC)cc2C)n1. The predicted molar refractivity (Wildman–Crippen MR) is 81.9 cm³/mol. The van der Waals surface area contributed by atoms with Gasteiger partial charge in [0.2, 0.25) is 0 Å². The second-order valence-electron chi connectivity index (χ2n) is 4.98. The zero-order valence-electron chi connectivity index (χ0n) is 12.5. The highest BCUT2D eigenvalue weighted by molar-refractivity contribution is 5.68. The first-order chi connectivity index (χ1) is 9.55. The van der Waals surface area contributed by atoms with Gasteiger partial charge in [-0.2, -0.15) is 0 Å². The van der Waals surface area contributed by atoms with Crippen molar-refractivity contribution in [1.29, 1.82) is 0 Å². The van der Waals surface area contributed by atoms with Gasteiger partial charge in [-0.25, -0.2) is 9.97 Å². The van der Waals surface area contributed by atoms with Crippen LogP contribution in [0.2, 0.25) is 0 Å². The number of aryl methyl sites for hydroxylation is 3. The molecular formula is C16H21N3O. The van der Waals surface area contributed by atoms with Crippen LogP contribution in [-0.2, 0) is 6.42 Å². The molecule has 0 unspecified atom stereocenters. The minimum Gasteiger partial charge on any atom is -0.496 e. The van der Waals surface area contributed by atoms with Gasteiger partial charge in [-0.3, -0.25) is 0 Å². The number of ether oxygens (including phenoxy) is 1. The molecule has 0 saturated carbocycles. The summed E-state index contributed by atoms with van der Waals surface area (Å²) in [5.74, 6) is 2.21. The van der Waals surface area contributed by atoms with Crippen molar-refractivity contribution in [3.63, 3.8) is 0 Å². The number of nitrogens with two attached hydrogens (primary N) is 1. The molecule has 2 aromatic rings. The fraction of sp³-hybridized carbons (Fsp3) is 0.375. The van der Waals surface area contributed by atoms with Crippen LogP contribution in [0.4, 0.5) is 5.82 Å². The molecule has 0 bridgehead atoms. The Labute approximate surface area is 120 Å². The largest absolute Gasteiger partial charge is 0.496 e. The lowest BCUT2D eigenvalue weighted by Crippen LogP contribution is -2.02. The van der Waals surface area contributed by atoms with Gasteiger partial charge >= 0.3 is 0 Å². The van der Waals surface area contributed by atoms with Crippen molar-refractivity contribution in [2.45, 2.75) is 33.6 Å². The van der Waals surface area contributed by atoms with Gasteiger partial charge in [-0.15, -0.1) is 0 Å². The summed E-state index contributed by atoms with van der Waals surface area (Å²) in [5.41, 5.74) is 10.1. The molecule has 1 aromatic heterocycles. The van der Waals surface area contributed by atoms with E-state index in [2.05, 4.69) is 29.9 Å². The Balaban J connectivity index is 2.53. The number of methoxy groups -OCH3 is 1. The van der Waals surface area contributed by atoms with Crippen LogP contribution in [0.3, 0.4) is 0 Å². The average molecular weight is 271 g/mol. The molecule has 0 aliphatic rings. The Bertz CT molecular complexity index is 623. The van der Waals surface area contributed by atoms with Gasteiger partial charge in [0.25, 0.3) is 0 Å². The monoisotopic (exact) mass is 271 g/mol. The lowest BCUT2D eigenvalue weighted by molar-refractivity contribution is 0.411. The van der Waals surface area contributed by atoms with E-state index < -0.39 is 0 Å². The summed E-state index contributed by atoms with van der Waals surface area (Å²) < 4.78 is 5.35. The van der Waals surface area contributed by atoms with Crippen LogP contribution in [0.1, 0.15) is 30.3 Å². The van der Waals surface area contributed by atoms with E-state index in [4.69, 9.17) is 10.5 Å². The van der Waals surface area contributed by atoms with Crippen LogP contribution >= 0.6 is 0 Å². The number of hydrogen-bond acceptors (Lipinski definition) is 4. The topological polar surface area (TPSA) is 61.0 Å². The molecule has 2 rings (SSSR count). The first-order valence-corrected chi connectivity index (χ1v) is 6.84. The standard InChI is InChI=1S/C16H21N3O/c1-5-6-16-18-13(9-15(17)19-16)12-7-11(3)14(20-4)8-10(12)2/h7-9H,5-6H2,1-4H3,(H2,17,18,19). The molecule has 20 heavy (non-hydrogen) atoms. The summed E-state index contributed by atoms with van der Waals surface area (Å²) in [6.07, 6.45) is 1.84. The van der Waals surface area contributed by atoms with E-state index in [9.17, 15) is 0 Å². The first-order valence-electron chi connectivity index (χ1n) is 6.84. The highest BCUT2D eigenvalue weighted by Crippen LogP contribution is 2.29. The molecular weight excluding hydrogens is 250 g/mol. The molecule has 4 heteroatoms. The molecule has 106 valence electrons. The van der Waals surface area contributed by atoms with Crippen LogP contribution in [0.25, 0.3) is 11.3 Å². The number of hydrogen-bond donors (Lipinski definition) is 1. The molecule has 0 aliphatic heterocycles. The molecule has 1 aromatic carbocycles. The van der Waals surface area contributed by atoms with E-state index in [1.807, 2.05) is 19.1 Å². The molecule has 0 amide bonds. The van der Waals surface area contributed by atoms with E-state index in [1.165, 1.54) is 0 Å². The molecule has 0 fully saturated rings. The normalized spacial score (nSPS) is 10.6. The highest BCUT2D eigenvalue weighted by atomic mass is 16.5. The van der Waals surface area contributed by atoms with E-state index in [0.717, 1.165) is 46.8 Å². The molecule has 0 saturated heterocycles. The van der Waals surface area contributed by atoms with Gasteiger partial charge in [0.15, 0.2) is 0 Å². The van der Waals surface area contributed by atoms with Gasteiger partial charge in [-0.1, -0.05) is 6.92 Å². The van der Waals surface area contributed by atoms with Gasteiger partial charge in [-0.05, 0) is 43.5 Å². The van der Waals surface area contributed by atoms with Crippen molar-refractivity contribution < 1.29 is 4.74 Å². The maximum Gasteiger partial charge on any atom is 0.131 e. The number of rotatable bonds is 4. The molecule has 4 nitrogen and oxygen atoms in total. The van der Waals surface area contributed by atoms with Crippen LogP contribution in [0.5, 0.6) is 5.75 Å². The first kappa shape index (κ1) is 14.3. The van der Waals surface area contributed by atoms with Gasteiger partial charge in [0.1, 0.15) is 17.4 Å². The second kappa shape index (κ2) is 5.90. The summed E-state index contributed by atoms with van der Waals surface area (Å²) in [6.45, 7) is 6.18. The second-order valence-corrected chi connectivity index (χ2v) is 4.98. The smallest absolute Gasteiger partial charge is 0.131 e. The fourth-order valence-electron chi connectivity index (χ4n) is 2.28. The zero-order valence-corrected chi connectivity index (χ0v) is 12.5. The van der Waals surface area contributed by atoms with E-state index in [0.29, 0.717) is 5.82 Å². The lowest BCUT2D eigenvalue weighted by Gasteiger charge is -2.12. The van der Waals surface area contributed by atoms with Gasteiger partial charge in [0, 0.05) is 18.1 Å². The van der Waals surface area contributed by atoms with Crippen molar-refractivity contribution in [2.75, 3.05) is 12.8 Å². The van der Waals surface area contributed by atoms with Crippen molar-refractivity contribution in [3.05, 3.63) is 35.2 Å². The summed E-state index contributed by atoms with van der Waals surface area (Å²) in [6, 6.07) is 5.95.